The highest BCUT2D eigenvalue weighted by Crippen LogP contribution is 2.22. The minimum atomic E-state index is 0.0745. The number of fused-ring (bicyclic) bond motifs is 1. The molecular weight excluding hydrogens is 164 g/mol. The van der Waals surface area contributed by atoms with Crippen molar-refractivity contribution in [1.82, 2.24) is 0 Å². The molecule has 0 fully saturated rings. The third-order valence-corrected chi connectivity index (χ3v) is 2.06. The molecule has 1 aromatic rings. The van der Waals surface area contributed by atoms with Gasteiger partial charge < -0.3 is 10.3 Å². The molecule has 1 heterocycles. The van der Waals surface area contributed by atoms with Crippen LogP contribution in [-0.2, 0) is 0 Å². The van der Waals surface area contributed by atoms with Crippen molar-refractivity contribution in [2.45, 2.75) is 0 Å². The van der Waals surface area contributed by atoms with Crippen LogP contribution < -0.4 is 5.06 Å². The maximum atomic E-state index is 11.4. The van der Waals surface area contributed by atoms with Gasteiger partial charge in [-0.25, -0.2) is 0 Å². The van der Waals surface area contributed by atoms with E-state index in [0.29, 0.717) is 0 Å². The van der Waals surface area contributed by atoms with Gasteiger partial charge in [-0.15, -0.1) is 0 Å². The van der Waals surface area contributed by atoms with Crippen molar-refractivity contribution in [2.75, 3.05) is 7.05 Å². The molecule has 1 atom stereocenters. The summed E-state index contributed by atoms with van der Waals surface area (Å²) in [6.07, 6.45) is 3.33. The maximum absolute atomic E-state index is 11.4. The normalized spacial score (nSPS) is 20.5. The third-order valence-electron chi connectivity index (χ3n) is 2.06. The van der Waals surface area contributed by atoms with Gasteiger partial charge in [-0.1, -0.05) is 12.1 Å². The predicted octanol–water partition coefficient (Wildman–Crippen LogP) is 0.756. The van der Waals surface area contributed by atoms with Gasteiger partial charge in [0, 0.05) is 19.3 Å². The van der Waals surface area contributed by atoms with Gasteiger partial charge in [0.05, 0.1) is 11.1 Å². The summed E-state index contributed by atoms with van der Waals surface area (Å²) >= 11 is 0. The van der Waals surface area contributed by atoms with E-state index in [1.807, 2.05) is 24.3 Å². The Balaban J connectivity index is 2.51. The fourth-order valence-electron chi connectivity index (χ4n) is 1.49. The first-order chi connectivity index (χ1) is 6.33. The summed E-state index contributed by atoms with van der Waals surface area (Å²) < 4.78 is 0. The summed E-state index contributed by atoms with van der Waals surface area (Å²) in [5.41, 5.74) is 2.67. The van der Waals surface area contributed by atoms with Crippen molar-refractivity contribution in [3.05, 3.63) is 41.2 Å². The lowest BCUT2D eigenvalue weighted by Gasteiger charge is -2.12. The summed E-state index contributed by atoms with van der Waals surface area (Å²) in [7, 11) is 1.70. The lowest BCUT2D eigenvalue weighted by molar-refractivity contribution is -0.710. The van der Waals surface area contributed by atoms with E-state index in [1.54, 1.807) is 19.5 Å². The maximum Gasteiger partial charge on any atom is 0.143 e. The van der Waals surface area contributed by atoms with Crippen LogP contribution in [0.3, 0.4) is 0 Å². The first-order valence-electron chi connectivity index (χ1n) is 4.10. The second-order valence-corrected chi connectivity index (χ2v) is 2.90. The Morgan fingerprint density at radius 1 is 1.38 bits per heavy atom. The van der Waals surface area contributed by atoms with E-state index in [2.05, 4.69) is 4.99 Å². The van der Waals surface area contributed by atoms with Gasteiger partial charge in [0.15, 0.2) is 0 Å². The van der Waals surface area contributed by atoms with Gasteiger partial charge in [-0.05, 0) is 6.07 Å². The zero-order valence-corrected chi connectivity index (χ0v) is 7.32. The van der Waals surface area contributed by atoms with Crippen molar-refractivity contribution >= 4 is 17.5 Å². The molecular formula is C10H10N2O. The number of hydrogen-bond acceptors (Lipinski definition) is 2. The molecule has 13 heavy (non-hydrogen) atoms. The summed E-state index contributed by atoms with van der Waals surface area (Å²) in [5.74, 6) is 0. The largest absolute Gasteiger partial charge is 0.624 e. The fourth-order valence-corrected chi connectivity index (χ4v) is 1.49. The van der Waals surface area contributed by atoms with Gasteiger partial charge in [-0.3, -0.25) is 4.99 Å². The molecule has 0 amide bonds. The number of quaternary nitrogens is 1. The van der Waals surface area contributed by atoms with E-state index in [0.717, 1.165) is 16.8 Å². The van der Waals surface area contributed by atoms with Crippen LogP contribution in [0.4, 0.5) is 5.69 Å². The molecule has 1 N–H and O–H groups in total. The Labute approximate surface area is 76.6 Å². The summed E-state index contributed by atoms with van der Waals surface area (Å²) in [6.45, 7) is 0. The number of aliphatic imine (C=N–C) groups is 1. The Morgan fingerprint density at radius 2 is 2.15 bits per heavy atom. The molecule has 0 bridgehead atoms. The van der Waals surface area contributed by atoms with Crippen LogP contribution in [0.5, 0.6) is 0 Å². The average molecular weight is 174 g/mol. The van der Waals surface area contributed by atoms with Crippen molar-refractivity contribution in [2.24, 2.45) is 4.99 Å². The standard InChI is InChI=1S/C10H10N2O/c1-11-6-8-7-12(13)10-5-3-2-4-9(8)10/h2-7,12H,1H3. The number of benzene rings is 1. The summed E-state index contributed by atoms with van der Waals surface area (Å²) in [5, 5.41) is 11.5. The first-order valence-corrected chi connectivity index (χ1v) is 4.10. The molecule has 1 aliphatic heterocycles. The molecule has 0 aromatic heterocycles. The van der Waals surface area contributed by atoms with Crippen molar-refractivity contribution < 1.29 is 5.06 Å². The molecule has 0 spiro atoms. The SMILES string of the molecule is CN=CC1=C[NH+]([O-])c2ccccc21. The van der Waals surface area contributed by atoms with Crippen molar-refractivity contribution in [3.63, 3.8) is 0 Å². The van der Waals surface area contributed by atoms with Crippen molar-refractivity contribution in [3.8, 4) is 0 Å². The Morgan fingerprint density at radius 3 is 2.92 bits per heavy atom. The van der Waals surface area contributed by atoms with Crippen LogP contribution in [0.25, 0.3) is 5.57 Å². The van der Waals surface area contributed by atoms with Crippen LogP contribution in [-0.4, -0.2) is 13.3 Å². The van der Waals surface area contributed by atoms with Gasteiger partial charge in [-0.2, -0.15) is 0 Å². The number of para-hydroxylation sites is 1. The monoisotopic (exact) mass is 174 g/mol. The Hall–Kier alpha value is -1.45. The van der Waals surface area contributed by atoms with E-state index < -0.39 is 0 Å². The third kappa shape index (κ3) is 1.28. The fraction of sp³-hybridized carbons (Fsp3) is 0.100. The van der Waals surface area contributed by atoms with E-state index in [1.165, 1.54) is 0 Å². The van der Waals surface area contributed by atoms with E-state index in [4.69, 9.17) is 0 Å². The van der Waals surface area contributed by atoms with E-state index in [9.17, 15) is 5.21 Å². The number of nitrogens with one attached hydrogen (secondary N) is 1. The van der Waals surface area contributed by atoms with Crippen LogP contribution in [0.15, 0.2) is 35.5 Å². The van der Waals surface area contributed by atoms with E-state index >= 15 is 0 Å². The molecule has 0 aliphatic carbocycles. The first kappa shape index (κ1) is 8.16. The van der Waals surface area contributed by atoms with Crippen LogP contribution in [0.2, 0.25) is 0 Å². The zero-order chi connectivity index (χ0) is 9.26. The molecule has 1 unspecified atom stereocenters. The smallest absolute Gasteiger partial charge is 0.143 e. The minimum Gasteiger partial charge on any atom is -0.624 e. The molecule has 0 saturated carbocycles. The second kappa shape index (κ2) is 3.12. The van der Waals surface area contributed by atoms with Gasteiger partial charge in [0.1, 0.15) is 11.9 Å². The van der Waals surface area contributed by atoms with E-state index in [-0.39, 0.29) is 5.06 Å². The van der Waals surface area contributed by atoms with Crippen LogP contribution >= 0.6 is 0 Å². The van der Waals surface area contributed by atoms with Crippen LogP contribution in [0, 0.1) is 5.21 Å². The highest BCUT2D eigenvalue weighted by atomic mass is 16.5. The highest BCUT2D eigenvalue weighted by molar-refractivity contribution is 6.11. The Bertz CT molecular complexity index is 382. The summed E-state index contributed by atoms with van der Waals surface area (Å²) in [4.78, 5) is 3.91. The topological polar surface area (TPSA) is 39.9 Å². The summed E-state index contributed by atoms with van der Waals surface area (Å²) in [6, 6.07) is 7.57. The minimum absolute atomic E-state index is 0.0745. The number of allylic oxidation sites excluding steroid dienone is 1. The van der Waals surface area contributed by atoms with Crippen molar-refractivity contribution in [1.29, 1.82) is 0 Å². The zero-order valence-electron chi connectivity index (χ0n) is 7.32. The van der Waals surface area contributed by atoms with Gasteiger partial charge in [0.2, 0.25) is 0 Å². The number of hydroxylamine groups is 1. The molecule has 66 valence electrons. The lowest BCUT2D eigenvalue weighted by Crippen LogP contribution is -2.95. The number of rotatable bonds is 1. The highest BCUT2D eigenvalue weighted by Gasteiger charge is 2.18. The molecule has 1 aliphatic rings. The van der Waals surface area contributed by atoms with Gasteiger partial charge in [0.25, 0.3) is 0 Å². The van der Waals surface area contributed by atoms with Gasteiger partial charge >= 0.3 is 0 Å². The molecule has 2 rings (SSSR count). The molecule has 3 heteroatoms. The number of nitrogens with zero attached hydrogens (tertiary/aromatic N) is 1. The molecule has 0 radical (unpaired) electrons. The number of hydrogen-bond donors (Lipinski definition) is 1. The molecule has 1 aromatic carbocycles. The van der Waals surface area contributed by atoms with Crippen LogP contribution in [0.1, 0.15) is 5.56 Å². The second-order valence-electron chi connectivity index (χ2n) is 2.90. The predicted molar refractivity (Wildman–Crippen MR) is 52.8 cm³/mol. The Kier molecular flexibility index (Phi) is 1.96. The molecule has 3 nitrogen and oxygen atoms in total. The lowest BCUT2D eigenvalue weighted by atomic mass is 10.1. The average Bonchev–Trinajstić information content (AvgIpc) is 2.46. The quantitative estimate of drug-likeness (QED) is 0.495. The molecule has 0 saturated heterocycles.